The summed E-state index contributed by atoms with van der Waals surface area (Å²) in [5.41, 5.74) is 1.45. The Labute approximate surface area is 146 Å². The van der Waals surface area contributed by atoms with Gasteiger partial charge in [-0.3, -0.25) is 4.79 Å². The molecule has 126 valence electrons. The molecule has 0 aliphatic carbocycles. The van der Waals surface area contributed by atoms with Crippen LogP contribution in [0.15, 0.2) is 72.8 Å². The molecule has 0 heterocycles. The van der Waals surface area contributed by atoms with Crippen molar-refractivity contribution in [3.8, 4) is 0 Å². The zero-order chi connectivity index (χ0) is 17.6. The Balaban J connectivity index is 1.61. The Morgan fingerprint density at radius 3 is 2.40 bits per heavy atom. The van der Waals surface area contributed by atoms with Crippen LogP contribution in [-0.4, -0.2) is 17.9 Å². The predicted molar refractivity (Wildman–Crippen MR) is 97.1 cm³/mol. The van der Waals surface area contributed by atoms with Crippen molar-refractivity contribution in [2.24, 2.45) is 0 Å². The Morgan fingerprint density at radius 2 is 1.60 bits per heavy atom. The Hall–Kier alpha value is -3.14. The standard InChI is InChI=1S/C21H19NO3/c1-15(22-20(23)17-9-3-2-4-10-17)21(24)25-14-18-12-7-11-16-8-5-6-13-19(16)18/h2-13,15H,14H2,1H3,(H,22,23)/t15-/m0/s1. The van der Waals surface area contributed by atoms with Crippen molar-refractivity contribution in [1.29, 1.82) is 0 Å². The van der Waals surface area contributed by atoms with Gasteiger partial charge in [0.05, 0.1) is 0 Å². The predicted octanol–water partition coefficient (Wildman–Crippen LogP) is 3.70. The zero-order valence-corrected chi connectivity index (χ0v) is 13.9. The number of esters is 1. The molecule has 0 aliphatic rings. The summed E-state index contributed by atoms with van der Waals surface area (Å²) in [5.74, 6) is -0.757. The van der Waals surface area contributed by atoms with Gasteiger partial charge in [-0.2, -0.15) is 0 Å². The van der Waals surface area contributed by atoms with Crippen molar-refractivity contribution in [2.75, 3.05) is 0 Å². The van der Waals surface area contributed by atoms with E-state index in [2.05, 4.69) is 5.32 Å². The number of nitrogens with one attached hydrogen (secondary N) is 1. The number of rotatable bonds is 5. The van der Waals surface area contributed by atoms with Crippen LogP contribution < -0.4 is 5.32 Å². The number of hydrogen-bond acceptors (Lipinski definition) is 3. The second kappa shape index (κ2) is 7.62. The van der Waals surface area contributed by atoms with Gasteiger partial charge in [0.15, 0.2) is 0 Å². The first-order valence-corrected chi connectivity index (χ1v) is 8.14. The second-order valence-electron chi connectivity index (χ2n) is 5.81. The van der Waals surface area contributed by atoms with Crippen LogP contribution in [0.1, 0.15) is 22.8 Å². The van der Waals surface area contributed by atoms with Crippen LogP contribution in [0.3, 0.4) is 0 Å². The Bertz CT molecular complexity index is 885. The summed E-state index contributed by atoms with van der Waals surface area (Å²) in [6, 6.07) is 21.9. The number of amides is 1. The lowest BCUT2D eigenvalue weighted by Gasteiger charge is -2.14. The van der Waals surface area contributed by atoms with Gasteiger partial charge in [0.25, 0.3) is 5.91 Å². The summed E-state index contributed by atoms with van der Waals surface area (Å²) in [5, 5.41) is 4.81. The SMILES string of the molecule is C[C@H](NC(=O)c1ccccc1)C(=O)OCc1cccc2ccccc12. The average Bonchev–Trinajstić information content (AvgIpc) is 2.66. The van der Waals surface area contributed by atoms with Crippen LogP contribution in [0.2, 0.25) is 0 Å². The molecule has 0 aromatic heterocycles. The van der Waals surface area contributed by atoms with Gasteiger partial charge in [-0.1, -0.05) is 60.7 Å². The van der Waals surface area contributed by atoms with Gasteiger partial charge in [-0.15, -0.1) is 0 Å². The molecular weight excluding hydrogens is 314 g/mol. The summed E-state index contributed by atoms with van der Waals surface area (Å²) in [6.07, 6.45) is 0. The third-order valence-electron chi connectivity index (χ3n) is 3.99. The van der Waals surface area contributed by atoms with E-state index in [0.29, 0.717) is 5.56 Å². The minimum Gasteiger partial charge on any atom is -0.459 e. The molecule has 1 N–H and O–H groups in total. The first-order chi connectivity index (χ1) is 12.1. The second-order valence-corrected chi connectivity index (χ2v) is 5.81. The topological polar surface area (TPSA) is 55.4 Å². The van der Waals surface area contributed by atoms with Crippen LogP contribution in [0.25, 0.3) is 10.8 Å². The van der Waals surface area contributed by atoms with Crippen LogP contribution in [0.4, 0.5) is 0 Å². The van der Waals surface area contributed by atoms with Gasteiger partial charge in [0.1, 0.15) is 12.6 Å². The van der Waals surface area contributed by atoms with Crippen molar-refractivity contribution in [1.82, 2.24) is 5.32 Å². The van der Waals surface area contributed by atoms with E-state index in [0.717, 1.165) is 16.3 Å². The lowest BCUT2D eigenvalue weighted by molar-refractivity contribution is -0.146. The molecule has 0 bridgehead atoms. The summed E-state index contributed by atoms with van der Waals surface area (Å²) < 4.78 is 5.38. The van der Waals surface area contributed by atoms with Crippen LogP contribution >= 0.6 is 0 Å². The number of fused-ring (bicyclic) bond motifs is 1. The molecule has 3 rings (SSSR count). The zero-order valence-electron chi connectivity index (χ0n) is 13.9. The molecule has 0 unspecified atom stereocenters. The van der Waals surface area contributed by atoms with Gasteiger partial charge in [0, 0.05) is 5.56 Å². The molecular formula is C21H19NO3. The average molecular weight is 333 g/mol. The molecule has 3 aromatic rings. The molecule has 4 nitrogen and oxygen atoms in total. The number of carbonyl (C=O) groups is 2. The lowest BCUT2D eigenvalue weighted by atomic mass is 10.1. The lowest BCUT2D eigenvalue weighted by Crippen LogP contribution is -2.39. The van der Waals surface area contributed by atoms with Crippen LogP contribution in [0, 0.1) is 0 Å². The first kappa shape index (κ1) is 16.7. The van der Waals surface area contributed by atoms with E-state index in [9.17, 15) is 9.59 Å². The fourth-order valence-corrected chi connectivity index (χ4v) is 2.62. The molecule has 0 radical (unpaired) electrons. The van der Waals surface area contributed by atoms with Gasteiger partial charge in [-0.05, 0) is 35.4 Å². The quantitative estimate of drug-likeness (QED) is 0.724. The summed E-state index contributed by atoms with van der Waals surface area (Å²) in [7, 11) is 0. The smallest absolute Gasteiger partial charge is 0.328 e. The van der Waals surface area contributed by atoms with Crippen molar-refractivity contribution in [2.45, 2.75) is 19.6 Å². The third kappa shape index (κ3) is 4.04. The first-order valence-electron chi connectivity index (χ1n) is 8.14. The van der Waals surface area contributed by atoms with E-state index in [-0.39, 0.29) is 12.5 Å². The highest BCUT2D eigenvalue weighted by molar-refractivity contribution is 5.96. The van der Waals surface area contributed by atoms with Gasteiger partial charge in [0.2, 0.25) is 0 Å². The number of hydrogen-bond donors (Lipinski definition) is 1. The van der Waals surface area contributed by atoms with Crippen molar-refractivity contribution < 1.29 is 14.3 Å². The Morgan fingerprint density at radius 1 is 0.920 bits per heavy atom. The molecule has 0 aliphatic heterocycles. The highest BCUT2D eigenvalue weighted by Gasteiger charge is 2.18. The maximum atomic E-state index is 12.2. The molecule has 4 heteroatoms. The number of carbonyl (C=O) groups excluding carboxylic acids is 2. The van der Waals surface area contributed by atoms with E-state index in [4.69, 9.17) is 4.74 Å². The summed E-state index contributed by atoms with van der Waals surface area (Å²) in [6.45, 7) is 1.79. The van der Waals surface area contributed by atoms with E-state index in [1.165, 1.54) is 0 Å². The van der Waals surface area contributed by atoms with Gasteiger partial charge >= 0.3 is 5.97 Å². The Kier molecular flexibility index (Phi) is 5.09. The minimum atomic E-state index is -0.720. The fraction of sp³-hybridized carbons (Fsp3) is 0.143. The number of ether oxygens (including phenoxy) is 1. The highest BCUT2D eigenvalue weighted by atomic mass is 16.5. The van der Waals surface area contributed by atoms with E-state index < -0.39 is 12.0 Å². The van der Waals surface area contributed by atoms with Crippen molar-refractivity contribution in [3.05, 3.63) is 83.9 Å². The van der Waals surface area contributed by atoms with Crippen LogP contribution in [-0.2, 0) is 16.1 Å². The van der Waals surface area contributed by atoms with E-state index in [1.54, 1.807) is 31.2 Å². The molecule has 25 heavy (non-hydrogen) atoms. The molecule has 3 aromatic carbocycles. The fourth-order valence-electron chi connectivity index (χ4n) is 2.62. The number of benzene rings is 3. The van der Waals surface area contributed by atoms with Gasteiger partial charge < -0.3 is 10.1 Å². The maximum absolute atomic E-state index is 12.2. The molecule has 0 saturated heterocycles. The van der Waals surface area contributed by atoms with Crippen LogP contribution in [0.5, 0.6) is 0 Å². The molecule has 0 saturated carbocycles. The molecule has 1 atom stereocenters. The van der Waals surface area contributed by atoms with Crippen molar-refractivity contribution in [3.63, 3.8) is 0 Å². The molecule has 0 spiro atoms. The minimum absolute atomic E-state index is 0.172. The normalized spacial score (nSPS) is 11.7. The summed E-state index contributed by atoms with van der Waals surface area (Å²) in [4.78, 5) is 24.3. The van der Waals surface area contributed by atoms with E-state index >= 15 is 0 Å². The van der Waals surface area contributed by atoms with Crippen molar-refractivity contribution >= 4 is 22.6 Å². The highest BCUT2D eigenvalue weighted by Crippen LogP contribution is 2.19. The molecule has 1 amide bonds. The summed E-state index contributed by atoms with van der Waals surface area (Å²) >= 11 is 0. The largest absolute Gasteiger partial charge is 0.459 e. The monoisotopic (exact) mass is 333 g/mol. The maximum Gasteiger partial charge on any atom is 0.328 e. The molecule has 0 fully saturated rings. The van der Waals surface area contributed by atoms with E-state index in [1.807, 2.05) is 48.5 Å². The van der Waals surface area contributed by atoms with Gasteiger partial charge in [-0.25, -0.2) is 4.79 Å². The third-order valence-corrected chi connectivity index (χ3v) is 3.99.